The summed E-state index contributed by atoms with van der Waals surface area (Å²) in [5, 5.41) is 22.5. The first-order valence-electron chi connectivity index (χ1n) is 13.6. The number of carboxylic acids is 2. The molecule has 2 amide bonds. The molecule has 1 fully saturated rings. The smallest absolute Gasteiger partial charge is 0.352 e. The van der Waals surface area contributed by atoms with Gasteiger partial charge in [0, 0.05) is 58.2 Å². The lowest BCUT2D eigenvalue weighted by Crippen LogP contribution is -2.70. The number of hydrogen-bond donors (Lipinski definition) is 3. The van der Waals surface area contributed by atoms with Crippen LogP contribution in [0.5, 0.6) is 0 Å². The summed E-state index contributed by atoms with van der Waals surface area (Å²) in [6.45, 7) is 4.90. The first-order chi connectivity index (χ1) is 20.5. The highest BCUT2D eigenvalue weighted by Gasteiger charge is 2.54. The van der Waals surface area contributed by atoms with Crippen LogP contribution in [0.1, 0.15) is 37.6 Å². The molecule has 2 atom stereocenters. The van der Waals surface area contributed by atoms with Crippen LogP contribution >= 0.6 is 58.5 Å². The molecule has 0 spiro atoms. The Kier molecular flexibility index (Phi) is 11.7. The largest absolute Gasteiger partial charge is 0.481 e. The maximum atomic E-state index is 13.1. The molecule has 3 heterocycles. The van der Waals surface area contributed by atoms with Crippen molar-refractivity contribution in [2.24, 2.45) is 0 Å². The SMILES string of the molecule is CCCC[n+]1c(C)cc(SCC2=C(C(=O)O)N3C(=O)[C@@H](NC(=O)CSc4cc(Cl)ccc4Cl)[C@H]3SC2)cc1CCC(=O)O. The monoisotopic (exact) mass is 684 g/mol. The molecule has 2 aromatic rings. The number of carboxylic acid groups (broad SMARTS) is 2. The summed E-state index contributed by atoms with van der Waals surface area (Å²) in [6, 6.07) is 8.15. The Morgan fingerprint density at radius 1 is 1.16 bits per heavy atom. The lowest BCUT2D eigenvalue weighted by molar-refractivity contribution is -0.710. The Labute approximate surface area is 272 Å². The number of halogens is 2. The van der Waals surface area contributed by atoms with Crippen molar-refractivity contribution < 1.29 is 34.0 Å². The van der Waals surface area contributed by atoms with Gasteiger partial charge in [-0.3, -0.25) is 19.3 Å². The van der Waals surface area contributed by atoms with Crippen molar-refractivity contribution in [3.63, 3.8) is 0 Å². The maximum Gasteiger partial charge on any atom is 0.352 e. The van der Waals surface area contributed by atoms with Gasteiger partial charge < -0.3 is 15.5 Å². The zero-order valence-electron chi connectivity index (χ0n) is 23.6. The molecule has 14 heteroatoms. The van der Waals surface area contributed by atoms with E-state index in [1.807, 2.05) is 19.1 Å². The van der Waals surface area contributed by atoms with E-state index in [9.17, 15) is 29.4 Å². The third-order valence-electron chi connectivity index (χ3n) is 6.99. The number of thioether (sulfide) groups is 3. The number of pyridine rings is 1. The molecule has 0 saturated carbocycles. The summed E-state index contributed by atoms with van der Waals surface area (Å²) in [7, 11) is 0. The number of carbonyl (C=O) groups excluding carboxylic acids is 2. The zero-order valence-corrected chi connectivity index (χ0v) is 27.6. The quantitative estimate of drug-likeness (QED) is 0.143. The summed E-state index contributed by atoms with van der Waals surface area (Å²) >= 11 is 16.3. The second kappa shape index (κ2) is 15.1. The number of β-lactam (4-membered cyclic amide) rings is 1. The fourth-order valence-electron chi connectivity index (χ4n) is 4.87. The maximum absolute atomic E-state index is 13.1. The van der Waals surface area contributed by atoms with Crippen LogP contribution in [0.2, 0.25) is 10.0 Å². The standard InChI is InChI=1S/C29H31Cl2N3O6S3/c1-3-4-9-33-16(2)10-20(12-19(33)6-8-24(36)37)41-13-17-14-43-28-25(27(38)34(28)26(17)29(39)40)32-23(35)15-42-22-11-18(30)5-7-21(22)31/h5,7,10-12,25,28H,3-4,6,8-9,13-15H2,1-2H3,(H2-,32,35,36,37,39,40)/p+1/t25-,28-/m1/s1. The van der Waals surface area contributed by atoms with Crippen LogP contribution in [0.4, 0.5) is 0 Å². The molecule has 43 heavy (non-hydrogen) atoms. The van der Waals surface area contributed by atoms with Crippen molar-refractivity contribution in [3.05, 3.63) is 63.0 Å². The van der Waals surface area contributed by atoms with Gasteiger partial charge in [0.05, 0.1) is 17.2 Å². The molecular formula is C29H32Cl2N3O6S3+. The van der Waals surface area contributed by atoms with E-state index in [0.29, 0.717) is 38.4 Å². The molecule has 3 N–H and O–H groups in total. The van der Waals surface area contributed by atoms with Crippen LogP contribution in [0.25, 0.3) is 0 Å². The van der Waals surface area contributed by atoms with Crippen molar-refractivity contribution >= 4 is 82.2 Å². The Hall–Kier alpha value is -2.38. The second-order valence-corrected chi connectivity index (χ2v) is 14.1. The van der Waals surface area contributed by atoms with E-state index in [0.717, 1.165) is 35.7 Å². The van der Waals surface area contributed by atoms with Gasteiger partial charge in [0.15, 0.2) is 11.4 Å². The predicted molar refractivity (Wildman–Crippen MR) is 170 cm³/mol. The fourth-order valence-corrected chi connectivity index (χ4v) is 8.70. The number of aryl methyl sites for hydroxylation is 2. The van der Waals surface area contributed by atoms with E-state index in [-0.39, 0.29) is 23.8 Å². The molecule has 0 radical (unpaired) electrons. The molecule has 0 unspecified atom stereocenters. The van der Waals surface area contributed by atoms with Crippen molar-refractivity contribution in [3.8, 4) is 0 Å². The number of hydrogen-bond acceptors (Lipinski definition) is 7. The van der Waals surface area contributed by atoms with Crippen molar-refractivity contribution in [2.75, 3.05) is 17.3 Å². The van der Waals surface area contributed by atoms with E-state index in [1.54, 1.807) is 18.2 Å². The summed E-state index contributed by atoms with van der Waals surface area (Å²) < 4.78 is 2.15. The summed E-state index contributed by atoms with van der Waals surface area (Å²) in [4.78, 5) is 52.1. The molecule has 1 saturated heterocycles. The Morgan fingerprint density at radius 2 is 1.93 bits per heavy atom. The minimum atomic E-state index is -1.19. The molecule has 0 bridgehead atoms. The van der Waals surface area contributed by atoms with Gasteiger partial charge >= 0.3 is 11.9 Å². The highest BCUT2D eigenvalue weighted by atomic mass is 35.5. The number of fused-ring (bicyclic) bond motifs is 1. The van der Waals surface area contributed by atoms with E-state index < -0.39 is 29.3 Å². The van der Waals surface area contributed by atoms with Gasteiger partial charge in [0.1, 0.15) is 23.7 Å². The molecule has 2 aliphatic heterocycles. The first-order valence-corrected chi connectivity index (χ1v) is 17.4. The van der Waals surface area contributed by atoms with Crippen molar-refractivity contribution in [2.45, 2.75) is 67.3 Å². The number of rotatable bonds is 14. The molecule has 4 rings (SSSR count). The predicted octanol–water partition coefficient (Wildman–Crippen LogP) is 5.03. The van der Waals surface area contributed by atoms with Crippen LogP contribution < -0.4 is 9.88 Å². The highest BCUT2D eigenvalue weighted by molar-refractivity contribution is 8.01. The van der Waals surface area contributed by atoms with Gasteiger partial charge in [-0.1, -0.05) is 36.5 Å². The number of aromatic nitrogens is 1. The number of aliphatic carboxylic acids is 2. The van der Waals surface area contributed by atoms with E-state index >= 15 is 0 Å². The second-order valence-electron chi connectivity index (χ2n) is 10.1. The van der Waals surface area contributed by atoms with Gasteiger partial charge in [-0.25, -0.2) is 4.79 Å². The first kappa shape index (κ1) is 33.5. The van der Waals surface area contributed by atoms with Crippen LogP contribution in [0.3, 0.4) is 0 Å². The molecular weight excluding hydrogens is 653 g/mol. The van der Waals surface area contributed by atoms with Crippen LogP contribution in [0, 0.1) is 6.92 Å². The topological polar surface area (TPSA) is 128 Å². The number of nitrogens with zero attached hydrogens (tertiary/aromatic N) is 2. The Balaban J connectivity index is 1.43. The number of carbonyl (C=O) groups is 4. The van der Waals surface area contributed by atoms with Gasteiger partial charge in [0.2, 0.25) is 5.91 Å². The minimum absolute atomic E-state index is 0.0217. The average Bonchev–Trinajstić information content (AvgIpc) is 2.96. The highest BCUT2D eigenvalue weighted by Crippen LogP contribution is 2.42. The van der Waals surface area contributed by atoms with Crippen molar-refractivity contribution in [1.82, 2.24) is 10.2 Å². The van der Waals surface area contributed by atoms with Gasteiger partial charge in [-0.05, 0) is 23.8 Å². The van der Waals surface area contributed by atoms with E-state index in [1.165, 1.54) is 40.2 Å². The summed E-state index contributed by atoms with van der Waals surface area (Å²) in [6.07, 6.45) is 2.41. The molecule has 9 nitrogen and oxygen atoms in total. The molecule has 2 aliphatic rings. The van der Waals surface area contributed by atoms with Crippen LogP contribution in [0.15, 0.2) is 51.4 Å². The lowest BCUT2D eigenvalue weighted by Gasteiger charge is -2.49. The number of benzene rings is 1. The number of amides is 2. The van der Waals surface area contributed by atoms with E-state index in [2.05, 4.69) is 16.8 Å². The Bertz CT molecular complexity index is 1470. The Morgan fingerprint density at radius 3 is 2.63 bits per heavy atom. The molecule has 230 valence electrons. The third kappa shape index (κ3) is 8.21. The molecule has 0 aliphatic carbocycles. The number of nitrogens with one attached hydrogen (secondary N) is 1. The fraction of sp³-hybridized carbons (Fsp3) is 0.414. The summed E-state index contributed by atoms with van der Waals surface area (Å²) in [5.41, 5.74) is 2.52. The van der Waals surface area contributed by atoms with Gasteiger partial charge in [0.25, 0.3) is 5.91 Å². The zero-order chi connectivity index (χ0) is 31.3. The number of unbranched alkanes of at least 4 members (excludes halogenated alkanes) is 1. The average molecular weight is 686 g/mol. The van der Waals surface area contributed by atoms with Crippen LogP contribution in [-0.2, 0) is 32.1 Å². The summed E-state index contributed by atoms with van der Waals surface area (Å²) in [5.74, 6) is -2.09. The van der Waals surface area contributed by atoms with E-state index in [4.69, 9.17) is 23.2 Å². The molecule has 1 aromatic carbocycles. The van der Waals surface area contributed by atoms with Gasteiger partial charge in [-0.15, -0.1) is 35.3 Å². The van der Waals surface area contributed by atoms with Crippen molar-refractivity contribution in [1.29, 1.82) is 0 Å². The minimum Gasteiger partial charge on any atom is -0.481 e. The molecule has 1 aromatic heterocycles. The third-order valence-corrected chi connectivity index (χ3v) is 11.1. The lowest BCUT2D eigenvalue weighted by atomic mass is 10.0. The van der Waals surface area contributed by atoms with Crippen LogP contribution in [-0.4, -0.2) is 67.5 Å². The normalized spacial score (nSPS) is 17.9. The van der Waals surface area contributed by atoms with Gasteiger partial charge in [-0.2, -0.15) is 4.57 Å².